The van der Waals surface area contributed by atoms with Gasteiger partial charge in [-0.15, -0.1) is 0 Å². The van der Waals surface area contributed by atoms with Crippen molar-refractivity contribution in [3.8, 4) is 5.75 Å². The second-order valence-corrected chi connectivity index (χ2v) is 7.09. The molecular weight excluding hydrogens is 358 g/mol. The number of hydrogen-bond donors (Lipinski definition) is 4. The van der Waals surface area contributed by atoms with Gasteiger partial charge in [-0.2, -0.15) is 0 Å². The van der Waals surface area contributed by atoms with Gasteiger partial charge in [0.05, 0.1) is 0 Å². The molecule has 0 saturated heterocycles. The van der Waals surface area contributed by atoms with Crippen LogP contribution in [0.1, 0.15) is 16.7 Å². The molecule has 4 rings (SSSR count). The number of nitrogen functional groups attached to an aromatic ring is 1. The maximum Gasteiger partial charge on any atom is 0.363 e. The van der Waals surface area contributed by atoms with Crippen LogP contribution in [0, 0.1) is 10.6 Å². The Balaban J connectivity index is 1.87. The predicted molar refractivity (Wildman–Crippen MR) is 107 cm³/mol. The Morgan fingerprint density at radius 3 is 2.71 bits per heavy atom. The summed E-state index contributed by atoms with van der Waals surface area (Å²) in [4.78, 5) is 11.9. The first-order valence-electron chi connectivity index (χ1n) is 8.79. The summed E-state index contributed by atoms with van der Waals surface area (Å²) in [6, 6.07) is 14.0. The first-order valence-corrected chi connectivity index (χ1v) is 8.79. The van der Waals surface area contributed by atoms with Crippen LogP contribution in [0.2, 0.25) is 0 Å². The number of aliphatic carboxylic acids is 1. The number of carboxylic acid groups (broad SMARTS) is 1. The third-order valence-corrected chi connectivity index (χ3v) is 5.37. The van der Waals surface area contributed by atoms with Crippen LogP contribution in [-0.4, -0.2) is 28.1 Å². The second kappa shape index (κ2) is 6.33. The minimum atomic E-state index is -1.18. The number of quaternary nitrogens is 1. The largest absolute Gasteiger partial charge is 0.626 e. The van der Waals surface area contributed by atoms with Crippen molar-refractivity contribution in [1.29, 1.82) is 5.41 Å². The highest BCUT2D eigenvalue weighted by Crippen LogP contribution is 2.41. The van der Waals surface area contributed by atoms with E-state index in [0.29, 0.717) is 22.4 Å². The van der Waals surface area contributed by atoms with Crippen LogP contribution in [0.15, 0.2) is 54.6 Å². The van der Waals surface area contributed by atoms with E-state index in [2.05, 4.69) is 0 Å². The average Bonchev–Trinajstić information content (AvgIpc) is 2.94. The van der Waals surface area contributed by atoms with Crippen molar-refractivity contribution < 1.29 is 15.0 Å². The molecule has 0 spiro atoms. The molecule has 3 aromatic rings. The summed E-state index contributed by atoms with van der Waals surface area (Å²) in [7, 11) is 0. The molecule has 0 radical (unpaired) electrons. The van der Waals surface area contributed by atoms with Crippen LogP contribution in [0.25, 0.3) is 10.8 Å². The number of nitrogens with one attached hydrogen (secondary N) is 1. The van der Waals surface area contributed by atoms with E-state index in [9.17, 15) is 20.2 Å². The number of hydrogen-bond acceptors (Lipinski definition) is 4. The van der Waals surface area contributed by atoms with Crippen LogP contribution < -0.4 is 10.4 Å². The van der Waals surface area contributed by atoms with Crippen LogP contribution in [0.4, 0.5) is 5.69 Å². The first-order chi connectivity index (χ1) is 13.3. The molecule has 1 heterocycles. The lowest BCUT2D eigenvalue weighted by molar-refractivity contribution is -0.141. The van der Waals surface area contributed by atoms with Crippen LogP contribution in [0.3, 0.4) is 0 Å². The molecule has 7 nitrogen and oxygen atoms in total. The molecular formula is C21H19N3O4. The number of carboxylic acids is 1. The van der Waals surface area contributed by atoms with E-state index in [0.717, 1.165) is 10.8 Å². The van der Waals surface area contributed by atoms with Gasteiger partial charge in [-0.3, -0.25) is 5.41 Å². The highest BCUT2D eigenvalue weighted by molar-refractivity contribution is 5.96. The van der Waals surface area contributed by atoms with E-state index in [1.54, 1.807) is 42.5 Å². The molecule has 142 valence electrons. The molecule has 0 amide bonds. The number of rotatable bonds is 4. The monoisotopic (exact) mass is 377 g/mol. The van der Waals surface area contributed by atoms with Crippen LogP contribution in [-0.2, 0) is 17.8 Å². The molecule has 0 saturated carbocycles. The average molecular weight is 377 g/mol. The Bertz CT molecular complexity index is 1130. The normalized spacial score (nSPS) is 20.8. The number of carbonyl (C=O) groups is 1. The SMILES string of the molecule is N=C(N)c1ccc2c(c1)[N+]([O-])(Cc1cccc3cc(O)ccc13)C(C(=O)O)C2. The van der Waals surface area contributed by atoms with Gasteiger partial charge in [-0.25, -0.2) is 4.79 Å². The van der Waals surface area contributed by atoms with E-state index in [1.165, 1.54) is 6.07 Å². The van der Waals surface area contributed by atoms with Crippen molar-refractivity contribution in [3.63, 3.8) is 0 Å². The Kier molecular flexibility index (Phi) is 4.06. The molecule has 1 aliphatic heterocycles. The number of hydroxylamine groups is 2. The summed E-state index contributed by atoms with van der Waals surface area (Å²) < 4.78 is -1.05. The lowest BCUT2D eigenvalue weighted by atomic mass is 10.0. The van der Waals surface area contributed by atoms with Gasteiger partial charge in [0.2, 0.25) is 0 Å². The zero-order chi connectivity index (χ0) is 20.1. The van der Waals surface area contributed by atoms with Crippen molar-refractivity contribution in [2.75, 3.05) is 0 Å². The lowest BCUT2D eigenvalue weighted by Crippen LogP contribution is -2.52. The minimum absolute atomic E-state index is 0.0760. The first kappa shape index (κ1) is 18.0. The molecule has 3 aromatic carbocycles. The van der Waals surface area contributed by atoms with Crippen molar-refractivity contribution in [2.45, 2.75) is 19.0 Å². The molecule has 1 aliphatic rings. The van der Waals surface area contributed by atoms with Gasteiger partial charge >= 0.3 is 5.97 Å². The Labute approximate surface area is 160 Å². The second-order valence-electron chi connectivity index (χ2n) is 7.09. The van der Waals surface area contributed by atoms with E-state index in [4.69, 9.17) is 11.1 Å². The number of nitrogens with zero attached hydrogens (tertiary/aromatic N) is 1. The van der Waals surface area contributed by atoms with E-state index < -0.39 is 16.7 Å². The van der Waals surface area contributed by atoms with E-state index in [-0.39, 0.29) is 24.6 Å². The zero-order valence-electron chi connectivity index (χ0n) is 14.9. The minimum Gasteiger partial charge on any atom is -0.626 e. The number of amidine groups is 1. The number of benzene rings is 3. The highest BCUT2D eigenvalue weighted by atomic mass is 16.6. The van der Waals surface area contributed by atoms with Gasteiger partial charge in [-0.1, -0.05) is 36.4 Å². The fourth-order valence-electron chi connectivity index (χ4n) is 3.97. The number of phenolic OH excluding ortho intramolecular Hbond substituents is 1. The zero-order valence-corrected chi connectivity index (χ0v) is 14.9. The molecule has 2 unspecified atom stereocenters. The quantitative estimate of drug-likeness (QED) is 0.240. The maximum atomic E-state index is 13.9. The van der Waals surface area contributed by atoms with Crippen molar-refractivity contribution in [3.05, 3.63) is 76.5 Å². The Morgan fingerprint density at radius 1 is 1.21 bits per heavy atom. The highest BCUT2D eigenvalue weighted by Gasteiger charge is 2.45. The molecule has 7 heteroatoms. The van der Waals surface area contributed by atoms with Crippen LogP contribution >= 0.6 is 0 Å². The number of phenols is 1. The third-order valence-electron chi connectivity index (χ3n) is 5.37. The van der Waals surface area contributed by atoms with Gasteiger partial charge in [0.15, 0.2) is 6.04 Å². The number of fused-ring (bicyclic) bond motifs is 2. The maximum absolute atomic E-state index is 13.9. The van der Waals surface area contributed by atoms with Gasteiger partial charge in [0, 0.05) is 29.2 Å². The van der Waals surface area contributed by atoms with Gasteiger partial charge < -0.3 is 25.8 Å². The van der Waals surface area contributed by atoms with Gasteiger partial charge in [0.1, 0.15) is 23.8 Å². The molecule has 0 aliphatic carbocycles. The van der Waals surface area contributed by atoms with Gasteiger partial charge in [-0.05, 0) is 22.9 Å². The summed E-state index contributed by atoms with van der Waals surface area (Å²) in [5.74, 6) is -1.21. The van der Waals surface area contributed by atoms with Crippen molar-refractivity contribution in [2.24, 2.45) is 5.73 Å². The van der Waals surface area contributed by atoms with E-state index in [1.807, 2.05) is 6.07 Å². The molecule has 2 atom stereocenters. The molecule has 0 aromatic heterocycles. The van der Waals surface area contributed by atoms with Crippen molar-refractivity contribution >= 4 is 28.3 Å². The standard InChI is InChI=1S/C21H19N3O4/c22-20(23)14-5-4-13-9-19(21(26)27)24(28,18(13)10-14)11-15-3-1-2-12-8-16(25)6-7-17(12)15/h1-8,10,19,25H,9,11H2,(H3,22,23)(H,26,27). The Morgan fingerprint density at radius 2 is 2.00 bits per heavy atom. The summed E-state index contributed by atoms with van der Waals surface area (Å²) in [6.07, 6.45) is 0.123. The molecule has 0 bridgehead atoms. The van der Waals surface area contributed by atoms with Gasteiger partial charge in [0.25, 0.3) is 0 Å². The third kappa shape index (κ3) is 2.77. The summed E-state index contributed by atoms with van der Waals surface area (Å²) >= 11 is 0. The fourth-order valence-corrected chi connectivity index (χ4v) is 3.97. The summed E-state index contributed by atoms with van der Waals surface area (Å²) in [5, 5.41) is 42.6. The smallest absolute Gasteiger partial charge is 0.363 e. The fraction of sp³-hybridized carbons (Fsp3) is 0.143. The van der Waals surface area contributed by atoms with E-state index >= 15 is 0 Å². The Hall–Kier alpha value is -3.42. The summed E-state index contributed by atoms with van der Waals surface area (Å²) in [5.41, 5.74) is 7.64. The molecule has 0 fully saturated rings. The van der Waals surface area contributed by atoms with Crippen LogP contribution in [0.5, 0.6) is 5.75 Å². The molecule has 28 heavy (non-hydrogen) atoms. The predicted octanol–water partition coefficient (Wildman–Crippen LogP) is 2.84. The van der Waals surface area contributed by atoms with Crippen molar-refractivity contribution in [1.82, 2.24) is 4.65 Å². The summed E-state index contributed by atoms with van der Waals surface area (Å²) in [6.45, 7) is -0.0760. The molecule has 5 N–H and O–H groups in total. The topological polar surface area (TPSA) is 130 Å². The number of aromatic hydroxyl groups is 1. The number of nitrogens with two attached hydrogens (primary N) is 1. The lowest BCUT2D eigenvalue weighted by Gasteiger charge is -2.42.